The van der Waals surface area contributed by atoms with Crippen molar-refractivity contribution in [3.05, 3.63) is 21.8 Å². The number of nitrogens with one attached hydrogen (secondary N) is 1. The molecule has 1 N–H and O–H groups in total. The van der Waals surface area contributed by atoms with Crippen LogP contribution in [0.15, 0.2) is 10.5 Å². The summed E-state index contributed by atoms with van der Waals surface area (Å²) in [4.78, 5) is 7.13. The Hall–Kier alpha value is -1.12. The zero-order valence-corrected chi connectivity index (χ0v) is 14.2. The van der Waals surface area contributed by atoms with E-state index in [0.717, 1.165) is 35.6 Å². The highest BCUT2D eigenvalue weighted by Crippen LogP contribution is 2.43. The smallest absolute Gasteiger partial charge is 0.147 e. The van der Waals surface area contributed by atoms with Crippen molar-refractivity contribution in [3.63, 3.8) is 0 Å². The number of halogens is 1. The molecule has 2 heterocycles. The average molecular weight is 349 g/mol. The van der Waals surface area contributed by atoms with E-state index in [2.05, 4.69) is 46.1 Å². The van der Waals surface area contributed by atoms with Crippen molar-refractivity contribution in [2.75, 3.05) is 24.5 Å². The Bertz CT molecular complexity index is 574. The predicted molar refractivity (Wildman–Crippen MR) is 87.5 cm³/mol. The van der Waals surface area contributed by atoms with E-state index in [-0.39, 0.29) is 0 Å². The number of piperazine rings is 1. The van der Waals surface area contributed by atoms with E-state index in [1.54, 1.807) is 0 Å². The molecule has 1 saturated carbocycles. The summed E-state index contributed by atoms with van der Waals surface area (Å²) in [6, 6.07) is 4.72. The number of hydrogen-bond acceptors (Lipinski definition) is 4. The molecule has 1 aromatic heterocycles. The Morgan fingerprint density at radius 3 is 2.86 bits per heavy atom. The fourth-order valence-corrected chi connectivity index (χ4v) is 3.52. The maximum absolute atomic E-state index is 9.44. The molecular formula is C16H21BrN4. The minimum Gasteiger partial charge on any atom is -0.353 e. The third-order valence-electron chi connectivity index (χ3n) is 4.38. The van der Waals surface area contributed by atoms with E-state index < -0.39 is 0 Å². The van der Waals surface area contributed by atoms with Gasteiger partial charge in [-0.1, -0.05) is 13.8 Å². The molecule has 1 atom stereocenters. The molecule has 1 aliphatic heterocycles. The average Bonchev–Trinajstić information content (AvgIpc) is 3.31. The lowest BCUT2D eigenvalue weighted by Crippen LogP contribution is -2.53. The third kappa shape index (κ3) is 3.07. The summed E-state index contributed by atoms with van der Waals surface area (Å²) in [5.41, 5.74) is 1.80. The number of nitrogens with zero attached hydrogens (tertiary/aromatic N) is 3. The minimum atomic E-state index is 0.458. The molecule has 2 fully saturated rings. The molecule has 0 amide bonds. The summed E-state index contributed by atoms with van der Waals surface area (Å²) in [7, 11) is 0. The molecule has 0 radical (unpaired) electrons. The van der Waals surface area contributed by atoms with Crippen LogP contribution < -0.4 is 10.2 Å². The molecule has 112 valence electrons. The van der Waals surface area contributed by atoms with Crippen LogP contribution in [0, 0.1) is 17.2 Å². The second kappa shape index (κ2) is 5.94. The zero-order chi connectivity index (χ0) is 15.0. The van der Waals surface area contributed by atoms with Gasteiger partial charge in [0.25, 0.3) is 0 Å². The number of rotatable bonds is 3. The maximum atomic E-state index is 9.44. The van der Waals surface area contributed by atoms with Crippen LogP contribution in [0.4, 0.5) is 5.82 Å². The lowest BCUT2D eigenvalue weighted by atomic mass is 10.0. The molecule has 0 spiro atoms. The Morgan fingerprint density at radius 1 is 1.48 bits per heavy atom. The third-order valence-corrected chi connectivity index (χ3v) is 5.01. The number of anilines is 1. The van der Waals surface area contributed by atoms with Gasteiger partial charge < -0.3 is 10.2 Å². The maximum Gasteiger partial charge on any atom is 0.147 e. The van der Waals surface area contributed by atoms with E-state index in [4.69, 9.17) is 4.98 Å². The molecule has 1 saturated heterocycles. The number of hydrogen-bond donors (Lipinski definition) is 1. The molecule has 3 rings (SSSR count). The number of aromatic nitrogens is 1. The Morgan fingerprint density at radius 2 is 2.24 bits per heavy atom. The standard InChI is InChI=1S/C16H21BrN4/c1-10(2)14-9-21(6-5-19-14)16-12(8-18)7-13(17)15(20-16)11-3-4-11/h7,10-11,14,19H,3-6,9H2,1-2H3. The quantitative estimate of drug-likeness (QED) is 0.911. The Kier molecular flexibility index (Phi) is 4.19. The van der Waals surface area contributed by atoms with Gasteiger partial charge in [0, 0.05) is 36.1 Å². The molecule has 21 heavy (non-hydrogen) atoms. The highest BCUT2D eigenvalue weighted by atomic mass is 79.9. The van der Waals surface area contributed by atoms with Crippen LogP contribution in [-0.4, -0.2) is 30.7 Å². The SMILES string of the molecule is CC(C)C1CN(c2nc(C3CC3)c(Br)cc2C#N)CCN1. The molecule has 1 unspecified atom stereocenters. The monoisotopic (exact) mass is 348 g/mol. The second-order valence-electron chi connectivity index (χ2n) is 6.36. The van der Waals surface area contributed by atoms with E-state index in [9.17, 15) is 5.26 Å². The van der Waals surface area contributed by atoms with Crippen LogP contribution in [0.2, 0.25) is 0 Å². The van der Waals surface area contributed by atoms with Gasteiger partial charge in [0.1, 0.15) is 11.9 Å². The summed E-state index contributed by atoms with van der Waals surface area (Å²) in [6.45, 7) is 7.25. The van der Waals surface area contributed by atoms with Crippen LogP contribution in [0.5, 0.6) is 0 Å². The molecule has 5 heteroatoms. The van der Waals surface area contributed by atoms with Crippen LogP contribution in [0.1, 0.15) is 43.9 Å². The molecule has 0 aromatic carbocycles. The molecule has 4 nitrogen and oxygen atoms in total. The largest absolute Gasteiger partial charge is 0.353 e. The van der Waals surface area contributed by atoms with Gasteiger partial charge in [-0.2, -0.15) is 5.26 Å². The van der Waals surface area contributed by atoms with Crippen LogP contribution >= 0.6 is 15.9 Å². The Balaban J connectivity index is 1.93. The fourth-order valence-electron chi connectivity index (χ4n) is 2.88. The van der Waals surface area contributed by atoms with Crippen LogP contribution in [0.25, 0.3) is 0 Å². The van der Waals surface area contributed by atoms with Gasteiger partial charge in [-0.15, -0.1) is 0 Å². The second-order valence-corrected chi connectivity index (χ2v) is 7.22. The highest BCUT2D eigenvalue weighted by molar-refractivity contribution is 9.10. The summed E-state index contributed by atoms with van der Waals surface area (Å²) in [5, 5.41) is 13.0. The summed E-state index contributed by atoms with van der Waals surface area (Å²) in [5.74, 6) is 2.03. The van der Waals surface area contributed by atoms with E-state index in [1.165, 1.54) is 12.8 Å². The fraction of sp³-hybridized carbons (Fsp3) is 0.625. The zero-order valence-electron chi connectivity index (χ0n) is 12.6. The van der Waals surface area contributed by atoms with Gasteiger partial charge in [-0.25, -0.2) is 4.98 Å². The first kappa shape index (κ1) is 14.8. The van der Waals surface area contributed by atoms with Gasteiger partial charge in [0.05, 0.1) is 11.3 Å². The first-order valence-electron chi connectivity index (χ1n) is 7.69. The van der Waals surface area contributed by atoms with E-state index >= 15 is 0 Å². The van der Waals surface area contributed by atoms with Crippen molar-refractivity contribution in [1.82, 2.24) is 10.3 Å². The Labute approximate surface area is 134 Å². The summed E-state index contributed by atoms with van der Waals surface area (Å²) >= 11 is 3.58. The van der Waals surface area contributed by atoms with Gasteiger partial charge in [0.2, 0.25) is 0 Å². The van der Waals surface area contributed by atoms with Crippen molar-refractivity contribution in [1.29, 1.82) is 5.26 Å². The highest BCUT2D eigenvalue weighted by Gasteiger charge is 2.30. The van der Waals surface area contributed by atoms with Gasteiger partial charge in [-0.05, 0) is 40.8 Å². The van der Waals surface area contributed by atoms with Crippen molar-refractivity contribution in [2.45, 2.75) is 38.6 Å². The van der Waals surface area contributed by atoms with Gasteiger partial charge >= 0.3 is 0 Å². The molecule has 1 aromatic rings. The molecule has 0 bridgehead atoms. The lowest BCUT2D eigenvalue weighted by Gasteiger charge is -2.37. The lowest BCUT2D eigenvalue weighted by molar-refractivity contribution is 0.367. The molecular weight excluding hydrogens is 328 g/mol. The van der Waals surface area contributed by atoms with Gasteiger partial charge in [-0.3, -0.25) is 0 Å². The molecule has 2 aliphatic rings. The van der Waals surface area contributed by atoms with Gasteiger partial charge in [0.15, 0.2) is 0 Å². The topological polar surface area (TPSA) is 52.0 Å². The number of pyridine rings is 1. The van der Waals surface area contributed by atoms with Crippen LogP contribution in [-0.2, 0) is 0 Å². The van der Waals surface area contributed by atoms with Crippen molar-refractivity contribution >= 4 is 21.7 Å². The number of nitriles is 1. The first-order valence-corrected chi connectivity index (χ1v) is 8.48. The van der Waals surface area contributed by atoms with Crippen molar-refractivity contribution in [2.24, 2.45) is 5.92 Å². The van der Waals surface area contributed by atoms with Crippen molar-refractivity contribution < 1.29 is 0 Å². The first-order chi connectivity index (χ1) is 10.1. The summed E-state index contributed by atoms with van der Waals surface area (Å²) < 4.78 is 0.987. The van der Waals surface area contributed by atoms with Crippen LogP contribution in [0.3, 0.4) is 0 Å². The predicted octanol–water partition coefficient (Wildman–Crippen LogP) is 3.03. The van der Waals surface area contributed by atoms with E-state index in [0.29, 0.717) is 23.4 Å². The molecule has 1 aliphatic carbocycles. The van der Waals surface area contributed by atoms with Crippen molar-refractivity contribution in [3.8, 4) is 6.07 Å². The van der Waals surface area contributed by atoms with E-state index in [1.807, 2.05) is 6.07 Å². The summed E-state index contributed by atoms with van der Waals surface area (Å²) in [6.07, 6.45) is 2.43. The normalized spacial score (nSPS) is 22.4. The minimum absolute atomic E-state index is 0.458.